The molecular weight excluding hydrogens is 352 g/mol. The summed E-state index contributed by atoms with van der Waals surface area (Å²) in [4.78, 5) is 16.5. The summed E-state index contributed by atoms with van der Waals surface area (Å²) in [5, 5.41) is 12.1. The molecule has 0 aliphatic rings. The molecule has 0 fully saturated rings. The summed E-state index contributed by atoms with van der Waals surface area (Å²) in [7, 11) is 1.89. The first-order chi connectivity index (χ1) is 12.2. The van der Waals surface area contributed by atoms with Gasteiger partial charge in [0.1, 0.15) is 0 Å². The predicted octanol–water partition coefficient (Wildman–Crippen LogP) is 2.65. The molecule has 0 aliphatic heterocycles. The van der Waals surface area contributed by atoms with Crippen LogP contribution in [0.25, 0.3) is 10.8 Å². The van der Waals surface area contributed by atoms with Crippen LogP contribution >= 0.6 is 12.4 Å². The number of rotatable bonds is 7. The number of carbonyl (C=O) groups is 1. The molecular formula is C19H23ClN4O2. The normalized spacial score (nSPS) is 11.8. The zero-order valence-electron chi connectivity index (χ0n) is 14.9. The maximum absolute atomic E-state index is 12.2. The molecule has 0 spiro atoms. The fourth-order valence-corrected chi connectivity index (χ4v) is 2.68. The topological polar surface area (TPSA) is 80.0 Å². The summed E-state index contributed by atoms with van der Waals surface area (Å²) in [5.41, 5.74) is 1.00. The number of nitrogens with one attached hydrogen (secondary N) is 2. The number of aromatic nitrogens is 2. The monoisotopic (exact) mass is 374 g/mol. The summed E-state index contributed by atoms with van der Waals surface area (Å²) in [5.74, 6) is 0.990. The molecule has 0 radical (unpaired) electrons. The van der Waals surface area contributed by atoms with Crippen molar-refractivity contribution in [2.75, 3.05) is 7.05 Å². The lowest BCUT2D eigenvalue weighted by molar-refractivity contribution is -0.120. The van der Waals surface area contributed by atoms with Gasteiger partial charge in [-0.15, -0.1) is 12.4 Å². The van der Waals surface area contributed by atoms with Gasteiger partial charge in [0.2, 0.25) is 11.8 Å². The van der Waals surface area contributed by atoms with Crippen molar-refractivity contribution in [2.24, 2.45) is 0 Å². The second kappa shape index (κ2) is 9.31. The van der Waals surface area contributed by atoms with Crippen LogP contribution in [0.5, 0.6) is 0 Å². The number of nitrogens with zero attached hydrogens (tertiary/aromatic N) is 2. The zero-order chi connectivity index (χ0) is 17.6. The molecule has 1 atom stereocenters. The zero-order valence-corrected chi connectivity index (χ0v) is 15.7. The molecule has 1 heterocycles. The van der Waals surface area contributed by atoms with Crippen LogP contribution in [0.3, 0.4) is 0 Å². The first-order valence-electron chi connectivity index (χ1n) is 8.38. The molecule has 2 aromatic carbocycles. The van der Waals surface area contributed by atoms with E-state index in [2.05, 4.69) is 20.8 Å². The Morgan fingerprint density at radius 1 is 1.19 bits per heavy atom. The summed E-state index contributed by atoms with van der Waals surface area (Å²) < 4.78 is 5.18. The standard InChI is InChI=1S/C19H22N4O2.ClH/c1-13(20-2)10-17-22-19(25-23-17)12-21-18(24)11-15-8-5-7-14-6-3-4-9-16(14)15;/h3-9,13,20H,10-12H2,1-2H3,(H,21,24);1H. The Morgan fingerprint density at radius 3 is 2.77 bits per heavy atom. The van der Waals surface area contributed by atoms with E-state index in [-0.39, 0.29) is 30.9 Å². The first kappa shape index (κ1) is 19.9. The Morgan fingerprint density at radius 2 is 1.96 bits per heavy atom. The number of hydrogen-bond acceptors (Lipinski definition) is 5. The van der Waals surface area contributed by atoms with E-state index in [1.54, 1.807) is 0 Å². The molecule has 26 heavy (non-hydrogen) atoms. The van der Waals surface area contributed by atoms with Gasteiger partial charge < -0.3 is 15.2 Å². The Labute approximate surface area is 158 Å². The van der Waals surface area contributed by atoms with E-state index in [1.165, 1.54) is 0 Å². The summed E-state index contributed by atoms with van der Waals surface area (Å²) in [6.45, 7) is 2.28. The third-order valence-electron chi connectivity index (χ3n) is 4.16. The van der Waals surface area contributed by atoms with Crippen LogP contribution in [0.1, 0.15) is 24.2 Å². The van der Waals surface area contributed by atoms with Crippen LogP contribution in [0.2, 0.25) is 0 Å². The van der Waals surface area contributed by atoms with Gasteiger partial charge in [-0.05, 0) is 30.3 Å². The lowest BCUT2D eigenvalue weighted by atomic mass is 10.0. The van der Waals surface area contributed by atoms with Crippen molar-refractivity contribution in [3.8, 4) is 0 Å². The Hall–Kier alpha value is -2.44. The fourth-order valence-electron chi connectivity index (χ4n) is 2.68. The number of halogens is 1. The van der Waals surface area contributed by atoms with Crippen molar-refractivity contribution < 1.29 is 9.32 Å². The van der Waals surface area contributed by atoms with E-state index >= 15 is 0 Å². The van der Waals surface area contributed by atoms with Crippen LogP contribution in [-0.4, -0.2) is 29.1 Å². The van der Waals surface area contributed by atoms with Gasteiger partial charge in [-0.25, -0.2) is 0 Å². The Balaban J connectivity index is 0.00000243. The summed E-state index contributed by atoms with van der Waals surface area (Å²) in [6.07, 6.45) is 1.00. The number of amides is 1. The minimum Gasteiger partial charge on any atom is -0.347 e. The van der Waals surface area contributed by atoms with Gasteiger partial charge in [0.25, 0.3) is 0 Å². The van der Waals surface area contributed by atoms with Crippen molar-refractivity contribution in [3.63, 3.8) is 0 Å². The molecule has 1 amide bonds. The molecule has 6 nitrogen and oxygen atoms in total. The van der Waals surface area contributed by atoms with Crippen LogP contribution in [0.4, 0.5) is 0 Å². The van der Waals surface area contributed by atoms with Gasteiger partial charge in [-0.1, -0.05) is 47.6 Å². The van der Waals surface area contributed by atoms with Crippen molar-refractivity contribution in [3.05, 3.63) is 59.7 Å². The smallest absolute Gasteiger partial charge is 0.246 e. The minimum absolute atomic E-state index is 0. The van der Waals surface area contributed by atoms with Crippen LogP contribution in [0.15, 0.2) is 47.0 Å². The average Bonchev–Trinajstić information content (AvgIpc) is 3.07. The first-order valence-corrected chi connectivity index (χ1v) is 8.38. The van der Waals surface area contributed by atoms with Crippen molar-refractivity contribution >= 4 is 29.1 Å². The molecule has 3 aromatic rings. The van der Waals surface area contributed by atoms with Gasteiger partial charge in [-0.3, -0.25) is 4.79 Å². The van der Waals surface area contributed by atoms with Gasteiger partial charge in [0, 0.05) is 12.5 Å². The lowest BCUT2D eigenvalue weighted by Crippen LogP contribution is -2.25. The molecule has 2 N–H and O–H groups in total. The molecule has 138 valence electrons. The highest BCUT2D eigenvalue weighted by Gasteiger charge is 2.11. The molecule has 7 heteroatoms. The summed E-state index contributed by atoms with van der Waals surface area (Å²) >= 11 is 0. The lowest BCUT2D eigenvalue weighted by Gasteiger charge is -2.06. The van der Waals surface area contributed by atoms with Crippen molar-refractivity contribution in [1.82, 2.24) is 20.8 Å². The quantitative estimate of drug-likeness (QED) is 0.664. The summed E-state index contributed by atoms with van der Waals surface area (Å²) in [6, 6.07) is 14.3. The van der Waals surface area contributed by atoms with E-state index in [0.717, 1.165) is 16.3 Å². The Kier molecular flexibility index (Phi) is 7.12. The molecule has 0 bridgehead atoms. The molecule has 1 aromatic heterocycles. The molecule has 0 aliphatic carbocycles. The average molecular weight is 375 g/mol. The molecule has 1 unspecified atom stereocenters. The van der Waals surface area contributed by atoms with Gasteiger partial charge >= 0.3 is 0 Å². The van der Waals surface area contributed by atoms with Crippen LogP contribution in [-0.2, 0) is 24.2 Å². The van der Waals surface area contributed by atoms with E-state index in [9.17, 15) is 4.79 Å². The largest absolute Gasteiger partial charge is 0.347 e. The number of benzene rings is 2. The molecule has 0 saturated heterocycles. The maximum Gasteiger partial charge on any atom is 0.246 e. The number of hydrogen-bond donors (Lipinski definition) is 2. The predicted molar refractivity (Wildman–Crippen MR) is 103 cm³/mol. The molecule has 0 saturated carbocycles. The van der Waals surface area contributed by atoms with Gasteiger partial charge in [0.15, 0.2) is 5.82 Å². The van der Waals surface area contributed by atoms with Crippen molar-refractivity contribution in [2.45, 2.75) is 32.4 Å². The number of fused-ring (bicyclic) bond motifs is 1. The third-order valence-corrected chi connectivity index (χ3v) is 4.16. The van der Waals surface area contributed by atoms with Gasteiger partial charge in [0.05, 0.1) is 13.0 Å². The number of carbonyl (C=O) groups excluding carboxylic acids is 1. The maximum atomic E-state index is 12.2. The van der Waals surface area contributed by atoms with Crippen LogP contribution in [0, 0.1) is 0 Å². The minimum atomic E-state index is -0.0697. The van der Waals surface area contributed by atoms with Gasteiger partial charge in [-0.2, -0.15) is 4.98 Å². The highest BCUT2D eigenvalue weighted by molar-refractivity contribution is 5.90. The fraction of sp³-hybridized carbons (Fsp3) is 0.316. The van der Waals surface area contributed by atoms with E-state index < -0.39 is 0 Å². The van der Waals surface area contributed by atoms with E-state index in [0.29, 0.717) is 24.6 Å². The second-order valence-electron chi connectivity index (χ2n) is 6.09. The second-order valence-corrected chi connectivity index (χ2v) is 6.09. The Bertz CT molecular complexity index is 860. The van der Waals surface area contributed by atoms with E-state index in [4.69, 9.17) is 4.52 Å². The van der Waals surface area contributed by atoms with Crippen molar-refractivity contribution in [1.29, 1.82) is 0 Å². The van der Waals surface area contributed by atoms with Crippen LogP contribution < -0.4 is 10.6 Å². The highest BCUT2D eigenvalue weighted by Crippen LogP contribution is 2.18. The van der Waals surface area contributed by atoms with E-state index in [1.807, 2.05) is 56.4 Å². The third kappa shape index (κ3) is 5.03. The number of likely N-dealkylation sites (N-methyl/N-ethyl adjacent to an activating group) is 1. The molecule has 3 rings (SSSR count). The SMILES string of the molecule is CNC(C)Cc1noc(CNC(=O)Cc2cccc3ccccc23)n1.Cl. The highest BCUT2D eigenvalue weighted by atomic mass is 35.5.